The maximum atomic E-state index is 13.6. The second kappa shape index (κ2) is 9.86. The number of hydrogen-bond acceptors (Lipinski definition) is 5. The lowest BCUT2D eigenvalue weighted by atomic mass is 9.79. The number of piperidine rings is 1. The maximum Gasteiger partial charge on any atom is 0.274 e. The van der Waals surface area contributed by atoms with Gasteiger partial charge in [-0.05, 0) is 60.0 Å². The number of hydrogen-bond donors (Lipinski definition) is 0. The van der Waals surface area contributed by atoms with Crippen LogP contribution in [0.3, 0.4) is 0 Å². The smallest absolute Gasteiger partial charge is 0.274 e. The summed E-state index contributed by atoms with van der Waals surface area (Å²) in [5.41, 5.74) is 3.20. The van der Waals surface area contributed by atoms with E-state index in [1.165, 1.54) is 25.6 Å². The van der Waals surface area contributed by atoms with Crippen LogP contribution in [0.5, 0.6) is 0 Å². The lowest BCUT2D eigenvalue weighted by Crippen LogP contribution is -2.32. The zero-order chi connectivity index (χ0) is 25.4. The SMILES string of the molecule is CC(C)(C)c1cc(C(=O)N(Cl)c2ncnc3c2cnn3CCN2CCCCC2)cc(C(C)(C)C)c1. The Morgan fingerprint density at radius 3 is 2.17 bits per heavy atom. The van der Waals surface area contributed by atoms with Gasteiger partial charge in [-0.2, -0.15) is 9.52 Å². The van der Waals surface area contributed by atoms with Crippen molar-refractivity contribution in [2.75, 3.05) is 24.1 Å². The van der Waals surface area contributed by atoms with Crippen molar-refractivity contribution in [3.63, 3.8) is 0 Å². The molecule has 1 amide bonds. The Kier molecular flexibility index (Phi) is 7.21. The summed E-state index contributed by atoms with van der Waals surface area (Å²) < 4.78 is 2.98. The van der Waals surface area contributed by atoms with Crippen molar-refractivity contribution in [1.29, 1.82) is 0 Å². The molecule has 4 rings (SSSR count). The molecule has 0 radical (unpaired) electrons. The highest BCUT2D eigenvalue weighted by Gasteiger charge is 2.26. The third-order valence-electron chi connectivity index (χ3n) is 6.77. The van der Waals surface area contributed by atoms with E-state index in [0.717, 1.165) is 41.7 Å². The van der Waals surface area contributed by atoms with E-state index in [4.69, 9.17) is 11.8 Å². The normalized spacial score (nSPS) is 15.5. The largest absolute Gasteiger partial charge is 0.301 e. The summed E-state index contributed by atoms with van der Waals surface area (Å²) >= 11 is 6.66. The highest BCUT2D eigenvalue weighted by molar-refractivity contribution is 6.40. The molecule has 0 aliphatic carbocycles. The molecule has 0 bridgehead atoms. The number of likely N-dealkylation sites (tertiary alicyclic amines) is 1. The van der Waals surface area contributed by atoms with Crippen LogP contribution in [0.25, 0.3) is 11.0 Å². The van der Waals surface area contributed by atoms with Crippen molar-refractivity contribution in [1.82, 2.24) is 24.6 Å². The number of aromatic nitrogens is 4. The van der Waals surface area contributed by atoms with Crippen LogP contribution in [0.15, 0.2) is 30.7 Å². The van der Waals surface area contributed by atoms with Gasteiger partial charge in [-0.1, -0.05) is 54.0 Å². The van der Waals surface area contributed by atoms with Crippen LogP contribution < -0.4 is 4.42 Å². The summed E-state index contributed by atoms with van der Waals surface area (Å²) in [6.45, 7) is 16.8. The summed E-state index contributed by atoms with van der Waals surface area (Å²) in [5, 5.41) is 5.20. The van der Waals surface area contributed by atoms with Gasteiger partial charge in [0, 0.05) is 23.9 Å². The van der Waals surface area contributed by atoms with Gasteiger partial charge in [0.15, 0.2) is 11.5 Å². The second-order valence-corrected chi connectivity index (χ2v) is 11.9. The van der Waals surface area contributed by atoms with Crippen molar-refractivity contribution < 1.29 is 4.79 Å². The van der Waals surface area contributed by atoms with Gasteiger partial charge in [0.05, 0.1) is 18.1 Å². The van der Waals surface area contributed by atoms with Crippen LogP contribution in [0.1, 0.15) is 82.3 Å². The van der Waals surface area contributed by atoms with E-state index in [0.29, 0.717) is 22.4 Å². The molecule has 1 aliphatic rings. The molecular formula is C27H37ClN6O. The molecule has 188 valence electrons. The summed E-state index contributed by atoms with van der Waals surface area (Å²) in [7, 11) is 0. The average molecular weight is 497 g/mol. The minimum absolute atomic E-state index is 0.106. The van der Waals surface area contributed by atoms with E-state index in [2.05, 4.69) is 67.6 Å². The van der Waals surface area contributed by atoms with Gasteiger partial charge in [-0.3, -0.25) is 4.79 Å². The maximum absolute atomic E-state index is 13.6. The first-order valence-electron chi connectivity index (χ1n) is 12.5. The van der Waals surface area contributed by atoms with Crippen molar-refractivity contribution in [2.24, 2.45) is 0 Å². The Bertz CT molecular complexity index is 1170. The van der Waals surface area contributed by atoms with Gasteiger partial charge >= 0.3 is 0 Å². The quantitative estimate of drug-likeness (QED) is 0.423. The third kappa shape index (κ3) is 5.67. The predicted molar refractivity (Wildman–Crippen MR) is 142 cm³/mol. The third-order valence-corrected chi connectivity index (χ3v) is 7.08. The molecule has 8 heteroatoms. The highest BCUT2D eigenvalue weighted by atomic mass is 35.5. The molecular weight excluding hydrogens is 460 g/mol. The van der Waals surface area contributed by atoms with Crippen molar-refractivity contribution in [3.8, 4) is 0 Å². The number of anilines is 1. The average Bonchev–Trinajstić information content (AvgIpc) is 3.24. The van der Waals surface area contributed by atoms with Crippen molar-refractivity contribution >= 4 is 34.5 Å². The summed E-state index contributed by atoms with van der Waals surface area (Å²) in [6, 6.07) is 6.06. The predicted octanol–water partition coefficient (Wildman–Crippen LogP) is 5.71. The van der Waals surface area contributed by atoms with E-state index in [-0.39, 0.29) is 16.7 Å². The first kappa shape index (κ1) is 25.6. The Labute approximate surface area is 213 Å². The Hall–Kier alpha value is -2.51. The number of rotatable bonds is 5. The summed E-state index contributed by atoms with van der Waals surface area (Å²) in [6.07, 6.45) is 6.97. The molecule has 3 aromatic rings. The van der Waals surface area contributed by atoms with Crippen LogP contribution >= 0.6 is 11.8 Å². The summed E-state index contributed by atoms with van der Waals surface area (Å²) in [5.74, 6) is 0.0358. The number of benzene rings is 1. The monoisotopic (exact) mass is 496 g/mol. The van der Waals surface area contributed by atoms with E-state index < -0.39 is 0 Å². The molecule has 1 aliphatic heterocycles. The summed E-state index contributed by atoms with van der Waals surface area (Å²) in [4.78, 5) is 24.9. The molecule has 2 aromatic heterocycles. The van der Waals surface area contributed by atoms with Crippen LogP contribution in [0.4, 0.5) is 5.82 Å². The van der Waals surface area contributed by atoms with Gasteiger partial charge in [0.2, 0.25) is 0 Å². The van der Waals surface area contributed by atoms with E-state index >= 15 is 0 Å². The molecule has 0 N–H and O–H groups in total. The number of halogens is 1. The molecule has 35 heavy (non-hydrogen) atoms. The van der Waals surface area contributed by atoms with Crippen LogP contribution in [-0.4, -0.2) is 50.2 Å². The Morgan fingerprint density at radius 2 is 1.57 bits per heavy atom. The Morgan fingerprint density at radius 1 is 0.943 bits per heavy atom. The standard InChI is InChI=1S/C27H37ClN6O/c1-26(2,3)20-14-19(15-21(16-20)27(4,5)6)25(35)34(28)24-22-17-31-33(23(22)29-18-30-24)13-12-32-10-8-7-9-11-32/h14-18H,7-13H2,1-6H3. The fourth-order valence-corrected chi connectivity index (χ4v) is 4.68. The molecule has 1 fully saturated rings. The second-order valence-electron chi connectivity index (χ2n) is 11.6. The minimum atomic E-state index is -0.315. The first-order valence-corrected chi connectivity index (χ1v) is 12.8. The molecule has 0 spiro atoms. The number of carbonyl (C=O) groups is 1. The van der Waals surface area contributed by atoms with Gasteiger partial charge < -0.3 is 4.90 Å². The molecule has 1 aromatic carbocycles. The molecule has 7 nitrogen and oxygen atoms in total. The molecule has 0 atom stereocenters. The van der Waals surface area contributed by atoms with Crippen LogP contribution in [-0.2, 0) is 17.4 Å². The minimum Gasteiger partial charge on any atom is -0.301 e. The molecule has 0 unspecified atom stereocenters. The number of nitrogens with zero attached hydrogens (tertiary/aromatic N) is 6. The van der Waals surface area contributed by atoms with Crippen molar-refractivity contribution in [3.05, 3.63) is 47.4 Å². The Balaban J connectivity index is 1.63. The van der Waals surface area contributed by atoms with E-state index in [1.54, 1.807) is 6.20 Å². The lowest BCUT2D eigenvalue weighted by molar-refractivity contribution is 0.100. The fourth-order valence-electron chi connectivity index (χ4n) is 4.45. The first-order chi connectivity index (χ1) is 16.4. The highest BCUT2D eigenvalue weighted by Crippen LogP contribution is 2.32. The number of fused-ring (bicyclic) bond motifs is 1. The van der Waals surface area contributed by atoms with Gasteiger partial charge in [-0.25, -0.2) is 14.6 Å². The van der Waals surface area contributed by atoms with E-state index in [1.807, 2.05) is 16.8 Å². The molecule has 3 heterocycles. The van der Waals surface area contributed by atoms with Gasteiger partial charge in [-0.15, -0.1) is 0 Å². The van der Waals surface area contributed by atoms with Gasteiger partial charge in [0.25, 0.3) is 5.91 Å². The van der Waals surface area contributed by atoms with E-state index in [9.17, 15) is 4.79 Å². The lowest BCUT2D eigenvalue weighted by Gasteiger charge is -2.26. The van der Waals surface area contributed by atoms with Crippen LogP contribution in [0, 0.1) is 0 Å². The van der Waals surface area contributed by atoms with Gasteiger partial charge in [0.1, 0.15) is 6.33 Å². The number of amides is 1. The zero-order valence-corrected chi connectivity index (χ0v) is 22.6. The fraction of sp³-hybridized carbons (Fsp3) is 0.556. The van der Waals surface area contributed by atoms with Crippen LogP contribution in [0.2, 0.25) is 0 Å². The zero-order valence-electron chi connectivity index (χ0n) is 21.8. The molecule has 1 saturated heterocycles. The number of carbonyl (C=O) groups excluding carboxylic acids is 1. The molecule has 0 saturated carbocycles. The van der Waals surface area contributed by atoms with Crippen molar-refractivity contribution in [2.45, 2.75) is 78.2 Å². The topological polar surface area (TPSA) is 67.2 Å².